The molecule has 0 unspecified atom stereocenters. The second-order valence-corrected chi connectivity index (χ2v) is 17.4. The maximum atomic E-state index is 13.9. The molecule has 2 aromatic heterocycles. The van der Waals surface area contributed by atoms with E-state index in [-0.39, 0.29) is 29.2 Å². The first-order chi connectivity index (χ1) is 29.6. The summed E-state index contributed by atoms with van der Waals surface area (Å²) in [6.45, 7) is 12.1. The number of carbonyl (C=O) groups is 4. The molecule has 2 aliphatic rings. The van der Waals surface area contributed by atoms with Gasteiger partial charge in [-0.3, -0.25) is 9.59 Å². The van der Waals surface area contributed by atoms with Crippen molar-refractivity contribution in [3.05, 3.63) is 84.7 Å². The van der Waals surface area contributed by atoms with E-state index in [1.165, 1.54) is 21.3 Å². The Bertz CT molecular complexity index is 2440. The lowest BCUT2D eigenvalue weighted by molar-refractivity contribution is -0.143. The zero-order valence-corrected chi connectivity index (χ0v) is 37.0. The maximum Gasteiger partial charge on any atom is 0.407 e. The number of aromatic amines is 2. The van der Waals surface area contributed by atoms with Gasteiger partial charge in [0.2, 0.25) is 11.8 Å². The number of imidazole rings is 2. The molecule has 0 radical (unpaired) electrons. The third-order valence-corrected chi connectivity index (χ3v) is 12.7. The monoisotopic (exact) mass is 846 g/mol. The number of benzene rings is 3. The fourth-order valence-corrected chi connectivity index (χ4v) is 8.49. The van der Waals surface area contributed by atoms with E-state index in [9.17, 15) is 19.2 Å². The van der Waals surface area contributed by atoms with E-state index in [1.54, 1.807) is 24.9 Å². The van der Waals surface area contributed by atoms with E-state index < -0.39 is 35.9 Å². The van der Waals surface area contributed by atoms with Gasteiger partial charge in [0.05, 0.1) is 55.7 Å². The molecule has 15 heteroatoms. The Morgan fingerprint density at radius 1 is 0.823 bits per heavy atom. The predicted molar refractivity (Wildman–Crippen MR) is 236 cm³/mol. The van der Waals surface area contributed by atoms with Crippen molar-refractivity contribution in [3.63, 3.8) is 0 Å². The summed E-state index contributed by atoms with van der Waals surface area (Å²) < 4.78 is 15.2. The standard InChI is InChI=1S/C47H58N8O7/c1-10-54(43(57)39(46(5,6)62-9)53-45(59)61-8)28(4)40-48-24-35(50-40)30-13-11-29(12-14-30)31-15-16-33-22-34(18-17-32(33)21-31)36-25-49-41(51-36)37-23-47(19-20-47)26-55(37)42(56)38(27(2)3)52-44(58)60-7/h11-18,21-22,24-25,27-28,37-39H,10,19-20,23,26H2,1-9H3,(H,48,50)(H,49,51)(H,52,58)(H,53,59)/t28-,37-,38-,39+/m0/s1. The van der Waals surface area contributed by atoms with Gasteiger partial charge in [0.1, 0.15) is 23.7 Å². The van der Waals surface area contributed by atoms with E-state index in [2.05, 4.69) is 74.1 Å². The average Bonchev–Trinajstić information content (AvgIpc) is 3.61. The number of alkyl carbamates (subject to hydrolysis) is 2. The number of carbonyl (C=O) groups excluding carboxylic acids is 4. The average molecular weight is 847 g/mol. The van der Waals surface area contributed by atoms with Crippen LogP contribution in [0.1, 0.15) is 84.5 Å². The van der Waals surface area contributed by atoms with Gasteiger partial charge in [0.15, 0.2) is 0 Å². The molecule has 62 heavy (non-hydrogen) atoms. The molecule has 4 amide bonds. The minimum absolute atomic E-state index is 0.110. The number of H-pyrrole nitrogens is 2. The lowest BCUT2D eigenvalue weighted by atomic mass is 9.96. The van der Waals surface area contributed by atoms with E-state index in [0.29, 0.717) is 18.9 Å². The van der Waals surface area contributed by atoms with E-state index in [4.69, 9.17) is 19.2 Å². The van der Waals surface area contributed by atoms with Gasteiger partial charge < -0.3 is 44.6 Å². The van der Waals surface area contributed by atoms with Crippen LogP contribution in [0.3, 0.4) is 0 Å². The first-order valence-corrected chi connectivity index (χ1v) is 21.2. The van der Waals surface area contributed by atoms with Crippen LogP contribution in [0.15, 0.2) is 73.1 Å². The molecule has 3 aromatic carbocycles. The quantitative estimate of drug-likeness (QED) is 0.0867. The molecule has 3 heterocycles. The third-order valence-electron chi connectivity index (χ3n) is 12.7. The normalized spacial score (nSPS) is 17.1. The Kier molecular flexibility index (Phi) is 12.5. The fraction of sp³-hybridized carbons (Fsp3) is 0.447. The second-order valence-electron chi connectivity index (χ2n) is 17.4. The van der Waals surface area contributed by atoms with Gasteiger partial charge in [0, 0.05) is 25.8 Å². The maximum absolute atomic E-state index is 13.9. The summed E-state index contributed by atoms with van der Waals surface area (Å²) in [5.41, 5.74) is 4.87. The van der Waals surface area contributed by atoms with Crippen LogP contribution in [-0.4, -0.2) is 106 Å². The predicted octanol–water partition coefficient (Wildman–Crippen LogP) is 7.78. The molecule has 4 N–H and O–H groups in total. The summed E-state index contributed by atoms with van der Waals surface area (Å²) in [7, 11) is 4.05. The minimum atomic E-state index is -0.998. The van der Waals surface area contributed by atoms with Gasteiger partial charge in [-0.1, -0.05) is 62.4 Å². The number of nitrogens with one attached hydrogen (secondary N) is 4. The molecule has 15 nitrogen and oxygen atoms in total. The molecule has 0 bridgehead atoms. The third kappa shape index (κ3) is 8.89. The van der Waals surface area contributed by atoms with E-state index in [1.807, 2.05) is 50.9 Å². The number of hydrogen-bond acceptors (Lipinski definition) is 9. The second kappa shape index (κ2) is 17.6. The Hall–Kier alpha value is -6.22. The summed E-state index contributed by atoms with van der Waals surface area (Å²) in [6.07, 6.45) is 5.27. The van der Waals surface area contributed by atoms with Crippen LogP contribution in [-0.2, 0) is 23.8 Å². The highest BCUT2D eigenvalue weighted by Crippen LogP contribution is 2.58. The van der Waals surface area contributed by atoms with Crippen molar-refractivity contribution in [3.8, 4) is 33.6 Å². The molecule has 1 saturated heterocycles. The van der Waals surface area contributed by atoms with Crippen LogP contribution in [0.2, 0.25) is 0 Å². The molecule has 2 fully saturated rings. The van der Waals surface area contributed by atoms with E-state index in [0.717, 1.165) is 69.5 Å². The van der Waals surface area contributed by atoms with Gasteiger partial charge in [-0.05, 0) is 97.9 Å². The summed E-state index contributed by atoms with van der Waals surface area (Å²) in [5.74, 6) is 0.818. The molecule has 1 saturated carbocycles. The zero-order chi connectivity index (χ0) is 44.5. The van der Waals surface area contributed by atoms with Crippen LogP contribution in [0.5, 0.6) is 0 Å². The first kappa shape index (κ1) is 43.9. The summed E-state index contributed by atoms with van der Waals surface area (Å²) in [5, 5.41) is 7.57. The van der Waals surface area contributed by atoms with Crippen LogP contribution in [0, 0.1) is 11.3 Å². The largest absolute Gasteiger partial charge is 0.453 e. The highest BCUT2D eigenvalue weighted by molar-refractivity contribution is 5.91. The zero-order valence-electron chi connectivity index (χ0n) is 37.0. The number of likely N-dealkylation sites (N-methyl/N-ethyl adjacent to an activating group) is 1. The summed E-state index contributed by atoms with van der Waals surface area (Å²) in [6, 6.07) is 18.7. The highest BCUT2D eigenvalue weighted by atomic mass is 16.5. The number of fused-ring (bicyclic) bond motifs is 1. The lowest BCUT2D eigenvalue weighted by Gasteiger charge is -2.37. The minimum Gasteiger partial charge on any atom is -0.453 e. The number of ether oxygens (including phenoxy) is 3. The van der Waals surface area contributed by atoms with Gasteiger partial charge in [-0.15, -0.1) is 0 Å². The molecule has 1 aliphatic carbocycles. The topological polar surface area (TPSA) is 184 Å². The van der Waals surface area contributed by atoms with Crippen molar-refractivity contribution in [2.75, 3.05) is 34.4 Å². The number of amides is 4. The number of nitrogens with zero attached hydrogens (tertiary/aromatic N) is 4. The Morgan fingerprint density at radius 2 is 1.40 bits per heavy atom. The molecule has 1 aliphatic heterocycles. The highest BCUT2D eigenvalue weighted by Gasteiger charge is 2.55. The van der Waals surface area contributed by atoms with Crippen molar-refractivity contribution in [1.29, 1.82) is 0 Å². The number of aromatic nitrogens is 4. The number of rotatable bonds is 14. The lowest BCUT2D eigenvalue weighted by Crippen LogP contribution is -2.59. The van der Waals surface area contributed by atoms with Crippen LogP contribution < -0.4 is 10.6 Å². The fourth-order valence-electron chi connectivity index (χ4n) is 8.49. The summed E-state index contributed by atoms with van der Waals surface area (Å²) >= 11 is 0. The van der Waals surface area contributed by atoms with Gasteiger partial charge >= 0.3 is 12.2 Å². The Balaban J connectivity index is 1.04. The number of methoxy groups -OCH3 is 3. The van der Waals surface area contributed by atoms with Crippen LogP contribution >= 0.6 is 0 Å². The van der Waals surface area contributed by atoms with Gasteiger partial charge in [0.25, 0.3) is 0 Å². The molecule has 328 valence electrons. The van der Waals surface area contributed by atoms with Crippen molar-refractivity contribution < 1.29 is 33.4 Å². The molecule has 4 atom stereocenters. The Morgan fingerprint density at radius 3 is 2.02 bits per heavy atom. The van der Waals surface area contributed by atoms with Crippen molar-refractivity contribution in [2.24, 2.45) is 11.3 Å². The van der Waals surface area contributed by atoms with Gasteiger partial charge in [-0.2, -0.15) is 0 Å². The van der Waals surface area contributed by atoms with Crippen molar-refractivity contribution in [2.45, 2.75) is 90.6 Å². The smallest absolute Gasteiger partial charge is 0.407 e. The molecule has 7 rings (SSSR count). The SMILES string of the molecule is CCN(C(=O)[C@@H](NC(=O)OC)C(C)(C)OC)[C@@H](C)c1ncc(-c2ccc(-c3ccc4cc(-c5cnc([C@@H]6CC7(CC7)CN6C(=O)[C@@H](NC(=O)OC)C(C)C)[nH]5)ccc4c3)cc2)[nH]1. The van der Waals surface area contributed by atoms with Crippen LogP contribution in [0.4, 0.5) is 9.59 Å². The van der Waals surface area contributed by atoms with Crippen molar-refractivity contribution in [1.82, 2.24) is 40.4 Å². The molecular formula is C47H58N8O7. The Labute approximate surface area is 362 Å². The van der Waals surface area contributed by atoms with Gasteiger partial charge in [-0.25, -0.2) is 19.6 Å². The first-order valence-electron chi connectivity index (χ1n) is 21.2. The van der Waals surface area contributed by atoms with Crippen molar-refractivity contribution >= 4 is 34.8 Å². The number of hydrogen-bond donors (Lipinski definition) is 4. The summed E-state index contributed by atoms with van der Waals surface area (Å²) in [4.78, 5) is 71.9. The molecular weight excluding hydrogens is 789 g/mol. The molecule has 1 spiro atoms. The van der Waals surface area contributed by atoms with E-state index >= 15 is 0 Å². The van der Waals surface area contributed by atoms with Crippen LogP contribution in [0.25, 0.3) is 44.4 Å². The molecule has 5 aromatic rings. The number of likely N-dealkylation sites (tertiary alicyclic amines) is 1.